The van der Waals surface area contributed by atoms with E-state index in [2.05, 4.69) is 33.9 Å². The van der Waals surface area contributed by atoms with Gasteiger partial charge in [-0.15, -0.1) is 0 Å². The summed E-state index contributed by atoms with van der Waals surface area (Å²) >= 11 is 0. The average Bonchev–Trinajstić information content (AvgIpc) is 2.87. The molecule has 42 heavy (non-hydrogen) atoms. The number of anilines is 1. The van der Waals surface area contributed by atoms with Gasteiger partial charge < -0.3 is 19.9 Å². The van der Waals surface area contributed by atoms with E-state index < -0.39 is 16.0 Å². The predicted octanol–water partition coefficient (Wildman–Crippen LogP) is 4.82. The minimum Gasteiger partial charge on any atom is -0.478 e. The van der Waals surface area contributed by atoms with Crippen LogP contribution >= 0.6 is 0 Å². The van der Waals surface area contributed by atoms with Crippen LogP contribution in [0.5, 0.6) is 5.88 Å². The van der Waals surface area contributed by atoms with Crippen LogP contribution in [0.2, 0.25) is 0 Å². The highest BCUT2D eigenvalue weighted by Crippen LogP contribution is 2.47. The Bertz CT molecular complexity index is 1540. The van der Waals surface area contributed by atoms with Gasteiger partial charge in [0.2, 0.25) is 11.8 Å². The molecular formula is C31H38N4O6S. The molecule has 1 aliphatic heterocycles. The second-order valence-corrected chi connectivity index (χ2v) is 13.7. The number of hydrogen-bond acceptors (Lipinski definition) is 8. The molecule has 2 heterocycles. The van der Waals surface area contributed by atoms with Crippen LogP contribution in [0.3, 0.4) is 0 Å². The first-order chi connectivity index (χ1) is 19.9. The van der Waals surface area contributed by atoms with Crippen LogP contribution in [0.4, 0.5) is 5.95 Å². The number of aromatic nitrogens is 2. The number of nitrogens with zero attached hydrogens (tertiary/aromatic N) is 2. The standard InChI is InChI=1S/C31H38N4O6S/c1-19(2)11-23(32-24-14-31(15-24)17-40-18-31)16-41-27-13-26(28-20(3)7-5-8-21(28)4)33-30(34-27)35-42(38,39)25-10-6-9-22(12-25)29(36)37/h5-10,12-13,19,23-24,32H,11,14-18H2,1-4H3,(H,36,37)(H,33,34,35)/t23-/m1/s1. The minimum atomic E-state index is -4.19. The topological polar surface area (TPSA) is 140 Å². The maximum atomic E-state index is 13.3. The lowest BCUT2D eigenvalue weighted by Crippen LogP contribution is -2.60. The van der Waals surface area contributed by atoms with Gasteiger partial charge in [-0.1, -0.05) is 38.1 Å². The van der Waals surface area contributed by atoms with Gasteiger partial charge in [-0.2, -0.15) is 4.98 Å². The van der Waals surface area contributed by atoms with Gasteiger partial charge >= 0.3 is 5.97 Å². The molecule has 3 aromatic rings. The van der Waals surface area contributed by atoms with Crippen molar-refractivity contribution < 1.29 is 27.8 Å². The molecule has 3 N–H and O–H groups in total. The Hall–Kier alpha value is -3.54. The fraction of sp³-hybridized carbons (Fsp3) is 0.452. The summed E-state index contributed by atoms with van der Waals surface area (Å²) < 4.78 is 40.6. The molecule has 2 aliphatic rings. The third-order valence-corrected chi connectivity index (χ3v) is 9.22. The molecule has 1 spiro atoms. The van der Waals surface area contributed by atoms with Crippen LogP contribution < -0.4 is 14.8 Å². The SMILES string of the molecule is Cc1cccc(C)c1-c1cc(OC[C@@H](CC(C)C)NC2CC3(COC3)C2)nc(NS(=O)(=O)c2cccc(C(=O)O)c2)n1. The van der Waals surface area contributed by atoms with Gasteiger partial charge in [-0.05, 0) is 68.4 Å². The predicted molar refractivity (Wildman–Crippen MR) is 159 cm³/mol. The number of benzene rings is 2. The zero-order valence-electron chi connectivity index (χ0n) is 24.4. The molecule has 1 aliphatic carbocycles. The summed E-state index contributed by atoms with van der Waals surface area (Å²) in [6.45, 7) is 10.3. The number of carboxylic acid groups (broad SMARTS) is 1. The van der Waals surface area contributed by atoms with E-state index in [4.69, 9.17) is 9.47 Å². The van der Waals surface area contributed by atoms with Crippen LogP contribution in [-0.4, -0.2) is 61.4 Å². The lowest BCUT2D eigenvalue weighted by molar-refractivity contribution is -0.168. The van der Waals surface area contributed by atoms with Crippen LogP contribution in [0.25, 0.3) is 11.3 Å². The van der Waals surface area contributed by atoms with Crippen LogP contribution in [0.1, 0.15) is 54.6 Å². The molecule has 11 heteroatoms. The van der Waals surface area contributed by atoms with E-state index in [9.17, 15) is 18.3 Å². The second kappa shape index (κ2) is 12.0. The van der Waals surface area contributed by atoms with Gasteiger partial charge in [0, 0.05) is 29.1 Å². The van der Waals surface area contributed by atoms with Gasteiger partial charge in [-0.25, -0.2) is 22.9 Å². The first-order valence-electron chi connectivity index (χ1n) is 14.2. The van der Waals surface area contributed by atoms with Crippen molar-refractivity contribution in [2.45, 2.75) is 63.9 Å². The number of aromatic carboxylic acids is 1. The monoisotopic (exact) mass is 594 g/mol. The highest BCUT2D eigenvalue weighted by atomic mass is 32.2. The maximum absolute atomic E-state index is 13.3. The van der Waals surface area contributed by atoms with Crippen molar-refractivity contribution >= 4 is 21.9 Å². The highest BCUT2D eigenvalue weighted by molar-refractivity contribution is 7.92. The number of carbonyl (C=O) groups is 1. The molecule has 1 atom stereocenters. The molecule has 224 valence electrons. The summed E-state index contributed by atoms with van der Waals surface area (Å²) in [7, 11) is -4.19. The van der Waals surface area contributed by atoms with E-state index in [0.29, 0.717) is 29.7 Å². The summed E-state index contributed by atoms with van der Waals surface area (Å²) in [5.41, 5.74) is 3.54. The summed E-state index contributed by atoms with van der Waals surface area (Å²) in [6, 6.07) is 13.3. The summed E-state index contributed by atoms with van der Waals surface area (Å²) in [5.74, 6) is -0.691. The normalized spacial score (nSPS) is 17.0. The van der Waals surface area contributed by atoms with Gasteiger partial charge in [-0.3, -0.25) is 0 Å². The Morgan fingerprint density at radius 3 is 2.40 bits per heavy atom. The molecule has 0 bridgehead atoms. The highest BCUT2D eigenvalue weighted by Gasteiger charge is 2.50. The van der Waals surface area contributed by atoms with Crippen molar-refractivity contribution in [3.8, 4) is 17.1 Å². The summed E-state index contributed by atoms with van der Waals surface area (Å²) in [5, 5.41) is 13.1. The Morgan fingerprint density at radius 2 is 1.79 bits per heavy atom. The minimum absolute atomic E-state index is 0.0888. The molecule has 10 nitrogen and oxygen atoms in total. The largest absolute Gasteiger partial charge is 0.478 e. The Morgan fingerprint density at radius 1 is 1.10 bits per heavy atom. The first kappa shape index (κ1) is 29.9. The molecule has 0 amide bonds. The van der Waals surface area contributed by atoms with E-state index >= 15 is 0 Å². The number of carboxylic acids is 1. The molecule has 2 aromatic carbocycles. The quantitative estimate of drug-likeness (QED) is 0.269. The van der Waals surface area contributed by atoms with Crippen molar-refractivity contribution in [3.05, 3.63) is 65.2 Å². The first-order valence-corrected chi connectivity index (χ1v) is 15.7. The maximum Gasteiger partial charge on any atom is 0.335 e. The molecule has 1 saturated heterocycles. The fourth-order valence-electron chi connectivity index (χ4n) is 5.87. The van der Waals surface area contributed by atoms with Gasteiger partial charge in [0.15, 0.2) is 0 Å². The lowest BCUT2D eigenvalue weighted by Gasteiger charge is -2.54. The second-order valence-electron chi connectivity index (χ2n) is 12.0. The zero-order chi connectivity index (χ0) is 30.1. The molecule has 0 radical (unpaired) electrons. The summed E-state index contributed by atoms with van der Waals surface area (Å²) in [4.78, 5) is 20.2. The van der Waals surface area contributed by atoms with Crippen LogP contribution in [-0.2, 0) is 14.8 Å². The molecule has 2 fully saturated rings. The number of hydrogen-bond donors (Lipinski definition) is 3. The molecule has 1 aromatic heterocycles. The number of sulfonamides is 1. The smallest absolute Gasteiger partial charge is 0.335 e. The third-order valence-electron chi connectivity index (χ3n) is 7.89. The van der Waals surface area contributed by atoms with Gasteiger partial charge in [0.25, 0.3) is 10.0 Å². The van der Waals surface area contributed by atoms with E-state index in [1.807, 2.05) is 32.0 Å². The van der Waals surface area contributed by atoms with Crippen molar-refractivity contribution in [3.63, 3.8) is 0 Å². The van der Waals surface area contributed by atoms with Crippen molar-refractivity contribution in [2.24, 2.45) is 11.3 Å². The number of ether oxygens (including phenoxy) is 2. The number of nitrogens with one attached hydrogen (secondary N) is 2. The summed E-state index contributed by atoms with van der Waals surface area (Å²) in [6.07, 6.45) is 3.11. The Labute approximate surface area is 246 Å². The average molecular weight is 595 g/mol. The number of rotatable bonds is 12. The zero-order valence-corrected chi connectivity index (χ0v) is 25.2. The van der Waals surface area contributed by atoms with Crippen LogP contribution in [0.15, 0.2) is 53.4 Å². The molecular weight excluding hydrogens is 556 g/mol. The number of aryl methyl sites for hydroxylation is 2. The van der Waals surface area contributed by atoms with E-state index in [1.165, 1.54) is 18.2 Å². The Kier molecular flexibility index (Phi) is 8.54. The molecule has 1 saturated carbocycles. The van der Waals surface area contributed by atoms with E-state index in [0.717, 1.165) is 55.2 Å². The van der Waals surface area contributed by atoms with Gasteiger partial charge in [0.1, 0.15) is 6.61 Å². The third kappa shape index (κ3) is 6.74. The van der Waals surface area contributed by atoms with Crippen LogP contribution in [0, 0.1) is 25.2 Å². The van der Waals surface area contributed by atoms with Gasteiger partial charge in [0.05, 0.1) is 29.4 Å². The van der Waals surface area contributed by atoms with E-state index in [-0.39, 0.29) is 28.3 Å². The van der Waals surface area contributed by atoms with Crippen molar-refractivity contribution in [2.75, 3.05) is 24.5 Å². The lowest BCUT2D eigenvalue weighted by atomic mass is 9.64. The fourth-order valence-corrected chi connectivity index (χ4v) is 6.86. The Balaban J connectivity index is 1.41. The van der Waals surface area contributed by atoms with Crippen molar-refractivity contribution in [1.29, 1.82) is 0 Å². The van der Waals surface area contributed by atoms with E-state index in [1.54, 1.807) is 6.07 Å². The molecule has 5 rings (SSSR count). The molecule has 0 unspecified atom stereocenters. The van der Waals surface area contributed by atoms with Crippen molar-refractivity contribution in [1.82, 2.24) is 15.3 Å².